The van der Waals surface area contributed by atoms with E-state index >= 15 is 0 Å². The molecular formula is C14H18N2O3S. The zero-order chi connectivity index (χ0) is 14.4. The molecule has 2 rings (SSSR count). The van der Waals surface area contributed by atoms with Crippen LogP contribution < -0.4 is 19.5 Å². The summed E-state index contributed by atoms with van der Waals surface area (Å²) < 4.78 is 16.0. The first kappa shape index (κ1) is 14.6. The zero-order valence-corrected chi connectivity index (χ0v) is 12.6. The molecule has 6 heteroatoms. The summed E-state index contributed by atoms with van der Waals surface area (Å²) in [5.74, 6) is 2.21. The average Bonchev–Trinajstić information content (AvgIpc) is 3.00. The minimum absolute atomic E-state index is 0.647. The molecule has 0 amide bonds. The number of methoxy groups -OCH3 is 3. The second-order valence-electron chi connectivity index (χ2n) is 4.08. The topological polar surface area (TPSA) is 52.6 Å². The third-order valence-corrected chi connectivity index (χ3v) is 3.68. The molecule has 1 heterocycles. The lowest BCUT2D eigenvalue weighted by Gasteiger charge is -2.15. The van der Waals surface area contributed by atoms with Gasteiger partial charge in [0.2, 0.25) is 0 Å². The van der Waals surface area contributed by atoms with Gasteiger partial charge in [0.05, 0.1) is 32.4 Å². The molecule has 0 aliphatic rings. The van der Waals surface area contributed by atoms with Crippen molar-refractivity contribution in [1.29, 1.82) is 0 Å². The fourth-order valence-corrected chi connectivity index (χ4v) is 2.46. The summed E-state index contributed by atoms with van der Waals surface area (Å²) in [5.41, 5.74) is 2.80. The summed E-state index contributed by atoms with van der Waals surface area (Å²) in [6.07, 6.45) is 1.86. The van der Waals surface area contributed by atoms with Crippen LogP contribution in [0, 0.1) is 0 Å². The normalized spacial score (nSPS) is 10.3. The van der Waals surface area contributed by atoms with Crippen molar-refractivity contribution >= 4 is 11.3 Å². The van der Waals surface area contributed by atoms with Crippen molar-refractivity contribution in [3.63, 3.8) is 0 Å². The van der Waals surface area contributed by atoms with Crippen LogP contribution in [0.3, 0.4) is 0 Å². The van der Waals surface area contributed by atoms with Crippen molar-refractivity contribution in [3.05, 3.63) is 34.3 Å². The Morgan fingerprint density at radius 2 is 1.75 bits per heavy atom. The van der Waals surface area contributed by atoms with Crippen LogP contribution in [-0.4, -0.2) is 26.3 Å². The van der Waals surface area contributed by atoms with E-state index in [0.29, 0.717) is 12.3 Å². The third kappa shape index (κ3) is 3.40. The lowest BCUT2D eigenvalue weighted by molar-refractivity contribution is 0.366. The van der Waals surface area contributed by atoms with Crippen molar-refractivity contribution in [2.45, 2.75) is 13.1 Å². The van der Waals surface area contributed by atoms with E-state index in [1.54, 1.807) is 32.7 Å². The summed E-state index contributed by atoms with van der Waals surface area (Å²) in [7, 11) is 4.90. The molecule has 5 nitrogen and oxygen atoms in total. The van der Waals surface area contributed by atoms with Gasteiger partial charge in [0.25, 0.3) is 0 Å². The van der Waals surface area contributed by atoms with Crippen molar-refractivity contribution < 1.29 is 14.2 Å². The summed E-state index contributed by atoms with van der Waals surface area (Å²) in [4.78, 5) is 5.24. The molecule has 0 atom stereocenters. The highest BCUT2D eigenvalue weighted by atomic mass is 32.1. The molecule has 20 heavy (non-hydrogen) atoms. The largest absolute Gasteiger partial charge is 0.496 e. The molecule has 0 unspecified atom stereocenters. The molecule has 0 saturated heterocycles. The molecule has 0 radical (unpaired) electrons. The molecule has 1 aromatic carbocycles. The van der Waals surface area contributed by atoms with Gasteiger partial charge < -0.3 is 19.5 Å². The van der Waals surface area contributed by atoms with Gasteiger partial charge >= 0.3 is 0 Å². The van der Waals surface area contributed by atoms with Crippen molar-refractivity contribution in [1.82, 2.24) is 10.3 Å². The van der Waals surface area contributed by atoms with Gasteiger partial charge in [-0.3, -0.25) is 4.98 Å². The van der Waals surface area contributed by atoms with Gasteiger partial charge in [0, 0.05) is 36.3 Å². The number of aromatic nitrogens is 1. The average molecular weight is 294 g/mol. The summed E-state index contributed by atoms with van der Waals surface area (Å²) in [6, 6.07) is 3.71. The molecule has 0 aliphatic carbocycles. The molecule has 0 spiro atoms. The Balaban J connectivity index is 2.12. The number of benzene rings is 1. The van der Waals surface area contributed by atoms with Crippen LogP contribution in [0.15, 0.2) is 23.8 Å². The number of thiazole rings is 1. The van der Waals surface area contributed by atoms with Crippen molar-refractivity contribution in [3.8, 4) is 17.2 Å². The van der Waals surface area contributed by atoms with E-state index in [0.717, 1.165) is 23.6 Å². The quantitative estimate of drug-likeness (QED) is 0.850. The molecule has 0 fully saturated rings. The maximum atomic E-state index is 5.41. The number of nitrogens with zero attached hydrogens (tertiary/aromatic N) is 1. The number of hydrogen-bond donors (Lipinski definition) is 1. The van der Waals surface area contributed by atoms with E-state index in [2.05, 4.69) is 10.3 Å². The first-order chi connectivity index (χ1) is 9.78. The Bertz CT molecular complexity index is 518. The Hall–Kier alpha value is -1.79. The molecule has 0 aliphatic heterocycles. The summed E-state index contributed by atoms with van der Waals surface area (Å²) in [6.45, 7) is 1.41. The van der Waals surface area contributed by atoms with Gasteiger partial charge in [0.1, 0.15) is 17.2 Å². The minimum Gasteiger partial charge on any atom is -0.496 e. The van der Waals surface area contributed by atoms with Gasteiger partial charge in [-0.1, -0.05) is 0 Å². The lowest BCUT2D eigenvalue weighted by Crippen LogP contribution is -2.13. The highest BCUT2D eigenvalue weighted by Gasteiger charge is 2.12. The fourth-order valence-electron chi connectivity index (χ4n) is 1.89. The van der Waals surface area contributed by atoms with Crippen LogP contribution in [0.5, 0.6) is 17.2 Å². The van der Waals surface area contributed by atoms with Gasteiger partial charge in [0.15, 0.2) is 0 Å². The predicted molar refractivity (Wildman–Crippen MR) is 78.8 cm³/mol. The molecule has 2 aromatic rings. The predicted octanol–water partition coefficient (Wildman–Crippen LogP) is 2.46. The van der Waals surface area contributed by atoms with Crippen LogP contribution in [0.2, 0.25) is 0 Å². The van der Waals surface area contributed by atoms with Gasteiger partial charge in [-0.25, -0.2) is 0 Å². The molecule has 1 N–H and O–H groups in total. The Morgan fingerprint density at radius 3 is 2.25 bits per heavy atom. The van der Waals surface area contributed by atoms with Gasteiger partial charge in [-0.2, -0.15) is 0 Å². The number of rotatable bonds is 7. The molecule has 108 valence electrons. The summed E-state index contributed by atoms with van der Waals surface area (Å²) >= 11 is 1.63. The zero-order valence-electron chi connectivity index (χ0n) is 11.8. The number of hydrogen-bond acceptors (Lipinski definition) is 6. The second-order valence-corrected chi connectivity index (χ2v) is 5.05. The standard InChI is InChI=1S/C14H18N2O3S/c1-17-10-4-13(18-2)12(14(5-10)19-3)8-15-6-11-7-16-9-20-11/h4-5,7,9,15H,6,8H2,1-3H3. The van der Waals surface area contributed by atoms with Crippen molar-refractivity contribution in [2.75, 3.05) is 21.3 Å². The first-order valence-electron chi connectivity index (χ1n) is 6.15. The van der Waals surface area contributed by atoms with Crippen LogP contribution in [0.25, 0.3) is 0 Å². The van der Waals surface area contributed by atoms with E-state index < -0.39 is 0 Å². The van der Waals surface area contributed by atoms with Crippen LogP contribution in [0.1, 0.15) is 10.4 Å². The van der Waals surface area contributed by atoms with Crippen LogP contribution in [-0.2, 0) is 13.1 Å². The van der Waals surface area contributed by atoms with Crippen LogP contribution in [0.4, 0.5) is 0 Å². The van der Waals surface area contributed by atoms with E-state index in [1.807, 2.05) is 23.8 Å². The molecule has 0 saturated carbocycles. The highest BCUT2D eigenvalue weighted by molar-refractivity contribution is 7.09. The Labute approximate surface area is 122 Å². The van der Waals surface area contributed by atoms with E-state index in [1.165, 1.54) is 4.88 Å². The first-order valence-corrected chi connectivity index (χ1v) is 7.03. The van der Waals surface area contributed by atoms with Gasteiger partial charge in [-0.05, 0) is 0 Å². The maximum absolute atomic E-state index is 5.41. The number of ether oxygens (including phenoxy) is 3. The molecule has 1 aromatic heterocycles. The van der Waals surface area contributed by atoms with Crippen LogP contribution >= 0.6 is 11.3 Å². The second kappa shape index (κ2) is 7.12. The van der Waals surface area contributed by atoms with Crippen molar-refractivity contribution in [2.24, 2.45) is 0 Å². The lowest BCUT2D eigenvalue weighted by atomic mass is 10.1. The molecule has 0 bridgehead atoms. The van der Waals surface area contributed by atoms with E-state index in [9.17, 15) is 0 Å². The monoisotopic (exact) mass is 294 g/mol. The Kier molecular flexibility index (Phi) is 5.20. The fraction of sp³-hybridized carbons (Fsp3) is 0.357. The minimum atomic E-state index is 0.647. The Morgan fingerprint density at radius 1 is 1.05 bits per heavy atom. The highest BCUT2D eigenvalue weighted by Crippen LogP contribution is 2.33. The van der Waals surface area contributed by atoms with E-state index in [4.69, 9.17) is 14.2 Å². The number of nitrogens with one attached hydrogen (secondary N) is 1. The summed E-state index contributed by atoms with van der Waals surface area (Å²) in [5, 5.41) is 3.36. The SMILES string of the molecule is COc1cc(OC)c(CNCc2cncs2)c(OC)c1. The smallest absolute Gasteiger partial charge is 0.130 e. The van der Waals surface area contributed by atoms with Gasteiger partial charge in [-0.15, -0.1) is 11.3 Å². The maximum Gasteiger partial charge on any atom is 0.130 e. The van der Waals surface area contributed by atoms with E-state index in [-0.39, 0.29) is 0 Å². The molecular weight excluding hydrogens is 276 g/mol. The third-order valence-electron chi connectivity index (χ3n) is 2.90.